The molecule has 1 aromatic carbocycles. The third kappa shape index (κ3) is 3.23. The summed E-state index contributed by atoms with van der Waals surface area (Å²) in [6.45, 7) is 2.95. The molecule has 4 nitrogen and oxygen atoms in total. The number of hydrogen-bond acceptors (Lipinski definition) is 3. The fourth-order valence-electron chi connectivity index (χ4n) is 2.45. The molecule has 2 unspecified atom stereocenters. The number of rotatable bonds is 2. The zero-order chi connectivity index (χ0) is 14.9. The van der Waals surface area contributed by atoms with E-state index in [0.29, 0.717) is 18.7 Å². The predicted molar refractivity (Wildman–Crippen MR) is 82.4 cm³/mol. The number of likely N-dealkylation sites (tertiary alicyclic amines) is 1. The summed E-state index contributed by atoms with van der Waals surface area (Å²) in [4.78, 5) is 25.9. The van der Waals surface area contributed by atoms with Crippen molar-refractivity contribution in [3.05, 3.63) is 32.7 Å². The quantitative estimate of drug-likeness (QED) is 0.711. The average Bonchev–Trinajstić information content (AvgIpc) is 2.78. The number of halogens is 2. The van der Waals surface area contributed by atoms with Crippen LogP contribution in [0.1, 0.15) is 17.3 Å². The van der Waals surface area contributed by atoms with Crippen molar-refractivity contribution >= 4 is 43.7 Å². The summed E-state index contributed by atoms with van der Waals surface area (Å²) >= 11 is 6.75. The van der Waals surface area contributed by atoms with Crippen LogP contribution in [-0.4, -0.2) is 37.0 Å². The zero-order valence-corrected chi connectivity index (χ0v) is 14.4. The first kappa shape index (κ1) is 15.5. The van der Waals surface area contributed by atoms with Crippen LogP contribution < -0.4 is 0 Å². The standard InChI is InChI=1S/C14H15Br2NO3/c1-8-6-17(7-12(8)14(19)20-2)13(18)9-3-10(15)5-11(16)4-9/h3-5,8,12H,6-7H2,1-2H3. The van der Waals surface area contributed by atoms with Crippen LogP contribution in [0.15, 0.2) is 27.1 Å². The number of esters is 1. The van der Waals surface area contributed by atoms with Crippen molar-refractivity contribution in [1.82, 2.24) is 4.90 Å². The fourth-order valence-corrected chi connectivity index (χ4v) is 3.74. The van der Waals surface area contributed by atoms with Crippen LogP contribution in [-0.2, 0) is 9.53 Å². The number of ether oxygens (including phenoxy) is 1. The molecular formula is C14H15Br2NO3. The van der Waals surface area contributed by atoms with Crippen molar-refractivity contribution in [3.8, 4) is 0 Å². The van der Waals surface area contributed by atoms with Gasteiger partial charge in [-0.15, -0.1) is 0 Å². The third-order valence-electron chi connectivity index (χ3n) is 3.51. The lowest BCUT2D eigenvalue weighted by Gasteiger charge is -2.16. The topological polar surface area (TPSA) is 46.6 Å². The van der Waals surface area contributed by atoms with E-state index >= 15 is 0 Å². The van der Waals surface area contributed by atoms with Crippen LogP contribution in [0.25, 0.3) is 0 Å². The summed E-state index contributed by atoms with van der Waals surface area (Å²) in [6, 6.07) is 5.44. The lowest BCUT2D eigenvalue weighted by molar-refractivity contribution is -0.146. The predicted octanol–water partition coefficient (Wildman–Crippen LogP) is 3.09. The molecule has 2 rings (SSSR count). The molecule has 0 radical (unpaired) electrons. The third-order valence-corrected chi connectivity index (χ3v) is 4.43. The molecule has 0 saturated carbocycles. The molecule has 108 valence electrons. The maximum absolute atomic E-state index is 12.5. The Morgan fingerprint density at radius 1 is 1.20 bits per heavy atom. The minimum absolute atomic E-state index is 0.0646. The Kier molecular flexibility index (Phi) is 4.86. The Labute approximate surface area is 134 Å². The minimum Gasteiger partial charge on any atom is -0.469 e. The lowest BCUT2D eigenvalue weighted by atomic mass is 9.99. The SMILES string of the molecule is COC(=O)C1CN(C(=O)c2cc(Br)cc(Br)c2)CC1C. The van der Waals surface area contributed by atoms with Crippen molar-refractivity contribution in [2.24, 2.45) is 11.8 Å². The Morgan fingerprint density at radius 2 is 1.80 bits per heavy atom. The van der Waals surface area contributed by atoms with E-state index in [1.54, 1.807) is 17.0 Å². The first-order valence-electron chi connectivity index (χ1n) is 6.25. The van der Waals surface area contributed by atoms with Crippen molar-refractivity contribution in [1.29, 1.82) is 0 Å². The van der Waals surface area contributed by atoms with Crippen molar-refractivity contribution in [2.75, 3.05) is 20.2 Å². The van der Waals surface area contributed by atoms with Gasteiger partial charge in [0.1, 0.15) is 0 Å². The van der Waals surface area contributed by atoms with E-state index in [2.05, 4.69) is 31.9 Å². The lowest BCUT2D eigenvalue weighted by Crippen LogP contribution is -2.30. The van der Waals surface area contributed by atoms with Crippen LogP contribution in [0.4, 0.5) is 0 Å². The van der Waals surface area contributed by atoms with Gasteiger partial charge in [-0.05, 0) is 24.1 Å². The van der Waals surface area contributed by atoms with E-state index < -0.39 is 0 Å². The van der Waals surface area contributed by atoms with Gasteiger partial charge in [0, 0.05) is 27.6 Å². The van der Waals surface area contributed by atoms with Crippen LogP contribution in [0.5, 0.6) is 0 Å². The molecule has 0 aromatic heterocycles. The van der Waals surface area contributed by atoms with E-state index in [1.807, 2.05) is 13.0 Å². The van der Waals surface area contributed by atoms with Gasteiger partial charge in [-0.25, -0.2) is 0 Å². The van der Waals surface area contributed by atoms with E-state index in [-0.39, 0.29) is 23.7 Å². The molecule has 0 N–H and O–H groups in total. The molecule has 1 heterocycles. The average molecular weight is 405 g/mol. The molecule has 0 spiro atoms. The van der Waals surface area contributed by atoms with Gasteiger partial charge >= 0.3 is 5.97 Å². The van der Waals surface area contributed by atoms with Crippen molar-refractivity contribution in [2.45, 2.75) is 6.92 Å². The summed E-state index contributed by atoms with van der Waals surface area (Å²) in [5.74, 6) is -0.435. The number of nitrogens with zero attached hydrogens (tertiary/aromatic N) is 1. The second kappa shape index (κ2) is 6.26. The number of carbonyl (C=O) groups excluding carboxylic acids is 2. The molecule has 20 heavy (non-hydrogen) atoms. The first-order chi connectivity index (χ1) is 9.42. The highest BCUT2D eigenvalue weighted by atomic mass is 79.9. The van der Waals surface area contributed by atoms with Crippen LogP contribution >= 0.6 is 31.9 Å². The summed E-state index contributed by atoms with van der Waals surface area (Å²) in [5.41, 5.74) is 0.601. The van der Waals surface area contributed by atoms with Gasteiger partial charge in [0.15, 0.2) is 0 Å². The molecule has 1 aromatic rings. The number of hydrogen-bond donors (Lipinski definition) is 0. The smallest absolute Gasteiger partial charge is 0.310 e. The van der Waals surface area contributed by atoms with Crippen molar-refractivity contribution in [3.63, 3.8) is 0 Å². The van der Waals surface area contributed by atoms with Gasteiger partial charge in [0.2, 0.25) is 0 Å². The molecule has 1 amide bonds. The highest BCUT2D eigenvalue weighted by Crippen LogP contribution is 2.27. The van der Waals surface area contributed by atoms with Gasteiger partial charge in [-0.2, -0.15) is 0 Å². The minimum atomic E-state index is -0.247. The molecule has 0 aliphatic carbocycles. The van der Waals surface area contributed by atoms with Gasteiger partial charge in [-0.3, -0.25) is 9.59 Å². The van der Waals surface area contributed by atoms with E-state index in [1.165, 1.54) is 7.11 Å². The fraction of sp³-hybridized carbons (Fsp3) is 0.429. The Morgan fingerprint density at radius 3 is 2.35 bits per heavy atom. The highest BCUT2D eigenvalue weighted by molar-refractivity contribution is 9.11. The molecule has 2 atom stereocenters. The Hall–Kier alpha value is -0.880. The molecular weight excluding hydrogens is 390 g/mol. The van der Waals surface area contributed by atoms with E-state index in [0.717, 1.165) is 8.95 Å². The van der Waals surface area contributed by atoms with Crippen LogP contribution in [0, 0.1) is 11.8 Å². The zero-order valence-electron chi connectivity index (χ0n) is 11.2. The molecule has 6 heteroatoms. The van der Waals surface area contributed by atoms with Crippen LogP contribution in [0.2, 0.25) is 0 Å². The molecule has 1 aliphatic rings. The second-order valence-electron chi connectivity index (χ2n) is 4.98. The maximum Gasteiger partial charge on any atom is 0.310 e. The van der Waals surface area contributed by atoms with Gasteiger partial charge in [0.05, 0.1) is 13.0 Å². The summed E-state index contributed by atoms with van der Waals surface area (Å²) in [7, 11) is 1.38. The van der Waals surface area contributed by atoms with E-state index in [9.17, 15) is 9.59 Å². The maximum atomic E-state index is 12.5. The Balaban J connectivity index is 2.16. The molecule has 0 bridgehead atoms. The number of amides is 1. The number of carbonyl (C=O) groups is 2. The normalized spacial score (nSPS) is 21.9. The monoisotopic (exact) mass is 403 g/mol. The van der Waals surface area contributed by atoms with Gasteiger partial charge in [-0.1, -0.05) is 38.8 Å². The second-order valence-corrected chi connectivity index (χ2v) is 6.81. The first-order valence-corrected chi connectivity index (χ1v) is 7.84. The van der Waals surface area contributed by atoms with Gasteiger partial charge in [0.25, 0.3) is 5.91 Å². The van der Waals surface area contributed by atoms with Gasteiger partial charge < -0.3 is 9.64 Å². The molecule has 1 saturated heterocycles. The molecule has 1 fully saturated rings. The largest absolute Gasteiger partial charge is 0.469 e. The number of methoxy groups -OCH3 is 1. The summed E-state index contributed by atoms with van der Waals surface area (Å²) in [5, 5.41) is 0. The summed E-state index contributed by atoms with van der Waals surface area (Å²) in [6.07, 6.45) is 0. The number of benzene rings is 1. The van der Waals surface area contributed by atoms with Crippen molar-refractivity contribution < 1.29 is 14.3 Å². The molecule has 1 aliphatic heterocycles. The highest BCUT2D eigenvalue weighted by Gasteiger charge is 2.37. The summed E-state index contributed by atoms with van der Waals surface area (Å²) < 4.78 is 6.46. The van der Waals surface area contributed by atoms with E-state index in [4.69, 9.17) is 4.74 Å². The van der Waals surface area contributed by atoms with Crippen LogP contribution in [0.3, 0.4) is 0 Å². The Bertz CT molecular complexity index is 527.